The van der Waals surface area contributed by atoms with E-state index < -0.39 is 0 Å². The molecule has 0 aliphatic carbocycles. The number of benzene rings is 1. The predicted octanol–water partition coefficient (Wildman–Crippen LogP) is 3.14. The fraction of sp³-hybridized carbons (Fsp3) is 0.455. The van der Waals surface area contributed by atoms with Crippen LogP contribution in [0.1, 0.15) is 36.1 Å². The van der Waals surface area contributed by atoms with E-state index in [1.54, 1.807) is 0 Å². The lowest BCUT2D eigenvalue weighted by atomic mass is 9.98. The number of halogens is 1. The first-order chi connectivity index (χ1) is 5.65. The Morgan fingerprint density at radius 2 is 1.92 bits per heavy atom. The molecule has 0 amide bonds. The van der Waals surface area contributed by atoms with Gasteiger partial charge in [0.05, 0.1) is 0 Å². The second-order valence-electron chi connectivity index (χ2n) is 3.37. The van der Waals surface area contributed by atoms with Crippen LogP contribution in [0.15, 0.2) is 18.2 Å². The molecular formula is C11H18ClN. The number of nitrogens with two attached hydrogens (primary N) is 1. The van der Waals surface area contributed by atoms with Gasteiger partial charge in [-0.2, -0.15) is 0 Å². The van der Waals surface area contributed by atoms with E-state index in [4.69, 9.17) is 5.73 Å². The van der Waals surface area contributed by atoms with Gasteiger partial charge in [0.2, 0.25) is 0 Å². The number of aryl methyl sites for hydroxylation is 2. The van der Waals surface area contributed by atoms with Crippen molar-refractivity contribution in [3.8, 4) is 0 Å². The third kappa shape index (κ3) is 3.02. The van der Waals surface area contributed by atoms with Gasteiger partial charge in [0, 0.05) is 6.04 Å². The maximum Gasteiger partial charge on any atom is 0.0294 e. The molecule has 0 heterocycles. The van der Waals surface area contributed by atoms with E-state index in [0.717, 1.165) is 6.42 Å². The summed E-state index contributed by atoms with van der Waals surface area (Å²) in [6.45, 7) is 6.34. The Balaban J connectivity index is 0.00000144. The van der Waals surface area contributed by atoms with Gasteiger partial charge in [0.15, 0.2) is 0 Å². The quantitative estimate of drug-likeness (QED) is 0.778. The lowest BCUT2D eigenvalue weighted by molar-refractivity contribution is 0.693. The Morgan fingerprint density at radius 1 is 1.31 bits per heavy atom. The van der Waals surface area contributed by atoms with Crippen molar-refractivity contribution in [3.05, 3.63) is 34.9 Å². The van der Waals surface area contributed by atoms with Crippen LogP contribution in [0.5, 0.6) is 0 Å². The molecule has 0 radical (unpaired) electrons. The zero-order chi connectivity index (χ0) is 9.14. The van der Waals surface area contributed by atoms with E-state index in [2.05, 4.69) is 39.0 Å². The molecule has 0 aromatic heterocycles. The largest absolute Gasteiger partial charge is 0.324 e. The maximum absolute atomic E-state index is 5.96. The van der Waals surface area contributed by atoms with Crippen molar-refractivity contribution in [2.24, 2.45) is 5.73 Å². The van der Waals surface area contributed by atoms with Crippen LogP contribution in [-0.2, 0) is 0 Å². The third-order valence-corrected chi connectivity index (χ3v) is 2.27. The fourth-order valence-corrected chi connectivity index (χ4v) is 1.38. The average Bonchev–Trinajstić information content (AvgIpc) is 2.08. The van der Waals surface area contributed by atoms with Crippen molar-refractivity contribution < 1.29 is 0 Å². The van der Waals surface area contributed by atoms with Crippen LogP contribution < -0.4 is 5.73 Å². The Bertz CT molecular complexity index is 271. The molecule has 1 unspecified atom stereocenters. The van der Waals surface area contributed by atoms with Gasteiger partial charge in [-0.25, -0.2) is 0 Å². The number of hydrogen-bond donors (Lipinski definition) is 1. The van der Waals surface area contributed by atoms with Crippen LogP contribution in [-0.4, -0.2) is 0 Å². The second-order valence-corrected chi connectivity index (χ2v) is 3.37. The molecule has 0 bridgehead atoms. The van der Waals surface area contributed by atoms with E-state index >= 15 is 0 Å². The molecule has 0 spiro atoms. The molecule has 2 heteroatoms. The van der Waals surface area contributed by atoms with Crippen LogP contribution in [0.4, 0.5) is 0 Å². The highest BCUT2D eigenvalue weighted by molar-refractivity contribution is 5.85. The van der Waals surface area contributed by atoms with Gasteiger partial charge in [0.1, 0.15) is 0 Å². The van der Waals surface area contributed by atoms with Gasteiger partial charge in [0.25, 0.3) is 0 Å². The van der Waals surface area contributed by atoms with E-state index in [0.29, 0.717) is 0 Å². The molecule has 13 heavy (non-hydrogen) atoms. The fourth-order valence-electron chi connectivity index (χ4n) is 1.38. The standard InChI is InChI=1S/C11H17N.ClH/c1-4-11(12)10-7-8(2)5-6-9(10)3;/h5-7,11H,4,12H2,1-3H3;1H. The van der Waals surface area contributed by atoms with Crippen molar-refractivity contribution >= 4 is 12.4 Å². The Hall–Kier alpha value is -0.530. The highest BCUT2D eigenvalue weighted by Crippen LogP contribution is 2.19. The van der Waals surface area contributed by atoms with E-state index in [9.17, 15) is 0 Å². The van der Waals surface area contributed by atoms with Crippen LogP contribution >= 0.6 is 12.4 Å². The van der Waals surface area contributed by atoms with Crippen molar-refractivity contribution in [1.82, 2.24) is 0 Å². The van der Waals surface area contributed by atoms with Gasteiger partial charge in [-0.1, -0.05) is 30.7 Å². The molecule has 1 aromatic carbocycles. The van der Waals surface area contributed by atoms with Gasteiger partial charge < -0.3 is 5.73 Å². The third-order valence-electron chi connectivity index (χ3n) is 2.27. The van der Waals surface area contributed by atoms with Crippen molar-refractivity contribution in [2.75, 3.05) is 0 Å². The van der Waals surface area contributed by atoms with Gasteiger partial charge in [-0.15, -0.1) is 12.4 Å². The minimum absolute atomic E-state index is 0. The van der Waals surface area contributed by atoms with Gasteiger partial charge in [-0.05, 0) is 31.4 Å². The lowest BCUT2D eigenvalue weighted by Gasteiger charge is -2.12. The topological polar surface area (TPSA) is 26.0 Å². The summed E-state index contributed by atoms with van der Waals surface area (Å²) in [5.41, 5.74) is 9.85. The molecule has 74 valence electrons. The average molecular weight is 200 g/mol. The highest BCUT2D eigenvalue weighted by Gasteiger charge is 2.05. The Morgan fingerprint density at radius 3 is 2.46 bits per heavy atom. The SMILES string of the molecule is CCC(N)c1cc(C)ccc1C.Cl. The molecule has 0 fully saturated rings. The highest BCUT2D eigenvalue weighted by atomic mass is 35.5. The number of rotatable bonds is 2. The first-order valence-electron chi connectivity index (χ1n) is 4.48. The first-order valence-corrected chi connectivity index (χ1v) is 4.48. The molecule has 0 aliphatic heterocycles. The molecule has 1 nitrogen and oxygen atoms in total. The molecule has 0 aliphatic rings. The molecule has 1 aromatic rings. The summed E-state index contributed by atoms with van der Waals surface area (Å²) in [6, 6.07) is 6.65. The monoisotopic (exact) mass is 199 g/mol. The second kappa shape index (κ2) is 5.25. The molecule has 1 rings (SSSR count). The summed E-state index contributed by atoms with van der Waals surface area (Å²) in [6.07, 6.45) is 1.00. The number of hydrogen-bond acceptors (Lipinski definition) is 1. The summed E-state index contributed by atoms with van der Waals surface area (Å²) >= 11 is 0. The van der Waals surface area contributed by atoms with Crippen LogP contribution in [0, 0.1) is 13.8 Å². The minimum Gasteiger partial charge on any atom is -0.324 e. The van der Waals surface area contributed by atoms with Crippen LogP contribution in [0.2, 0.25) is 0 Å². The van der Waals surface area contributed by atoms with E-state index in [1.807, 2.05) is 0 Å². The Labute approximate surface area is 86.7 Å². The zero-order valence-electron chi connectivity index (χ0n) is 8.50. The van der Waals surface area contributed by atoms with Crippen LogP contribution in [0.3, 0.4) is 0 Å². The Kier molecular flexibility index (Phi) is 5.04. The van der Waals surface area contributed by atoms with Gasteiger partial charge in [-0.3, -0.25) is 0 Å². The molecule has 0 saturated heterocycles. The van der Waals surface area contributed by atoms with Crippen molar-refractivity contribution in [3.63, 3.8) is 0 Å². The first kappa shape index (κ1) is 12.5. The zero-order valence-corrected chi connectivity index (χ0v) is 9.32. The summed E-state index contributed by atoms with van der Waals surface area (Å²) in [5.74, 6) is 0. The van der Waals surface area contributed by atoms with Crippen LogP contribution in [0.25, 0.3) is 0 Å². The van der Waals surface area contributed by atoms with Crippen molar-refractivity contribution in [1.29, 1.82) is 0 Å². The van der Waals surface area contributed by atoms with Gasteiger partial charge >= 0.3 is 0 Å². The molecule has 1 atom stereocenters. The summed E-state index contributed by atoms with van der Waals surface area (Å²) < 4.78 is 0. The summed E-state index contributed by atoms with van der Waals surface area (Å²) in [7, 11) is 0. The smallest absolute Gasteiger partial charge is 0.0294 e. The van der Waals surface area contributed by atoms with E-state index in [1.165, 1.54) is 16.7 Å². The molecular weight excluding hydrogens is 182 g/mol. The van der Waals surface area contributed by atoms with Crippen molar-refractivity contribution in [2.45, 2.75) is 33.2 Å². The lowest BCUT2D eigenvalue weighted by Crippen LogP contribution is -2.10. The summed E-state index contributed by atoms with van der Waals surface area (Å²) in [5, 5.41) is 0. The maximum atomic E-state index is 5.96. The molecule has 2 N–H and O–H groups in total. The van der Waals surface area contributed by atoms with E-state index in [-0.39, 0.29) is 18.4 Å². The minimum atomic E-state index is 0. The molecule has 0 saturated carbocycles. The predicted molar refractivity (Wildman–Crippen MR) is 60.4 cm³/mol. The normalized spacial score (nSPS) is 12.0. The summed E-state index contributed by atoms with van der Waals surface area (Å²) in [4.78, 5) is 0.